The molecule has 1 atom stereocenters. The number of anilines is 1. The molecule has 73 heavy (non-hydrogen) atoms. The van der Waals surface area contributed by atoms with Crippen molar-refractivity contribution < 1.29 is 76.1 Å². The number of amides is 4. The van der Waals surface area contributed by atoms with Crippen LogP contribution in [0.15, 0.2) is 54.9 Å². The second-order valence-electron chi connectivity index (χ2n) is 16.9. The van der Waals surface area contributed by atoms with Gasteiger partial charge in [0.25, 0.3) is 11.8 Å². The first kappa shape index (κ1) is 57.0. The fourth-order valence-corrected chi connectivity index (χ4v) is 7.95. The lowest BCUT2D eigenvalue weighted by Gasteiger charge is -2.27. The van der Waals surface area contributed by atoms with Crippen molar-refractivity contribution in [1.29, 1.82) is 0 Å². The molecule has 2 aromatic carbocycles. The molecule has 0 saturated carbocycles. The molecule has 1 fully saturated rings. The number of nitrogens with zero attached hydrogens (tertiary/aromatic N) is 2. The van der Waals surface area contributed by atoms with Gasteiger partial charge >= 0.3 is 0 Å². The number of Topliss-reactive ketones (excluding diaryl/α,β-unsaturated/α-hetero) is 1. The molecule has 1 unspecified atom stereocenters. The number of aromatic nitrogens is 2. The van der Waals surface area contributed by atoms with Gasteiger partial charge in [-0.25, -0.2) is 0 Å². The fourth-order valence-electron chi connectivity index (χ4n) is 7.95. The lowest BCUT2D eigenvalue weighted by Crippen LogP contribution is -2.54. The van der Waals surface area contributed by atoms with Crippen LogP contribution in [0.5, 0.6) is 0 Å². The molecule has 6 rings (SSSR count). The minimum atomic E-state index is -1.02. The molecule has 3 N–H and O–H groups in total. The Hall–Kier alpha value is -5.30. The number of aromatic amines is 1. The molecule has 0 aliphatic carbocycles. The average molecular weight is 1020 g/mol. The molecular weight excluding hydrogens is 951 g/mol. The van der Waals surface area contributed by atoms with E-state index in [4.69, 9.17) is 52.1 Å². The minimum absolute atomic E-state index is 0.0610. The summed E-state index contributed by atoms with van der Waals surface area (Å²) in [5.41, 5.74) is 4.17. The van der Waals surface area contributed by atoms with Crippen molar-refractivity contribution in [2.75, 3.05) is 157 Å². The van der Waals surface area contributed by atoms with E-state index in [0.29, 0.717) is 177 Å². The van der Waals surface area contributed by atoms with Gasteiger partial charge in [0.05, 0.1) is 150 Å². The zero-order valence-electron chi connectivity index (χ0n) is 41.7. The first-order valence-corrected chi connectivity index (χ1v) is 25.2. The van der Waals surface area contributed by atoms with Crippen LogP contribution in [-0.4, -0.2) is 202 Å². The summed E-state index contributed by atoms with van der Waals surface area (Å²) in [5.74, 6) is -1.94. The molecule has 2 aliphatic rings. The second kappa shape index (κ2) is 33.5. The van der Waals surface area contributed by atoms with Gasteiger partial charge < -0.3 is 62.4 Å². The highest BCUT2D eigenvalue weighted by molar-refractivity contribution is 6.25. The highest BCUT2D eigenvalue weighted by Crippen LogP contribution is 2.32. The molecule has 4 amide bonds. The summed E-state index contributed by atoms with van der Waals surface area (Å²) in [6, 6.07) is 12.2. The summed E-state index contributed by atoms with van der Waals surface area (Å²) in [6.07, 6.45) is 6.26. The van der Waals surface area contributed by atoms with E-state index in [1.807, 2.05) is 12.3 Å². The maximum Gasteiger partial charge on any atom is 0.264 e. The third-order valence-electron chi connectivity index (χ3n) is 11.7. The zero-order chi connectivity index (χ0) is 51.1. The number of imide groups is 2. The number of hydrogen-bond acceptors (Lipinski definition) is 18. The van der Waals surface area contributed by atoms with Crippen molar-refractivity contribution in [3.05, 3.63) is 71.5 Å². The number of rotatable bonds is 42. The molecule has 0 radical (unpaired) electrons. The van der Waals surface area contributed by atoms with Crippen LogP contribution in [0.2, 0.25) is 0 Å². The molecular formula is C52H71N5O16. The SMILES string of the molecule is O=C(CCCOCCOCCOCCOCCOCCOCCOCCOCCOCCOCCOCCNc1cccc2c1C(=O)N(C1CCC(=O)NC1=O)C2=O)CCc1ccc2c(c1)[nH]c1ccncc12. The van der Waals surface area contributed by atoms with Crippen molar-refractivity contribution in [2.45, 2.75) is 44.6 Å². The summed E-state index contributed by atoms with van der Waals surface area (Å²) in [5, 5.41) is 7.59. The van der Waals surface area contributed by atoms with E-state index >= 15 is 0 Å². The monoisotopic (exact) mass is 1020 g/mol. The Morgan fingerprint density at radius 1 is 0.589 bits per heavy atom. The van der Waals surface area contributed by atoms with Gasteiger partial charge in [-0.2, -0.15) is 0 Å². The predicted molar refractivity (Wildman–Crippen MR) is 267 cm³/mol. The van der Waals surface area contributed by atoms with Crippen LogP contribution in [0, 0.1) is 0 Å². The average Bonchev–Trinajstić information content (AvgIpc) is 3.89. The summed E-state index contributed by atoms with van der Waals surface area (Å²) >= 11 is 0. The lowest BCUT2D eigenvalue weighted by atomic mass is 10.0. The topological polar surface area (TPSA) is 243 Å². The van der Waals surface area contributed by atoms with Crippen LogP contribution < -0.4 is 10.6 Å². The Kier molecular flexibility index (Phi) is 26.2. The molecule has 0 bridgehead atoms. The van der Waals surface area contributed by atoms with E-state index < -0.39 is 29.7 Å². The van der Waals surface area contributed by atoms with Gasteiger partial charge in [-0.1, -0.05) is 18.2 Å². The largest absolute Gasteiger partial charge is 0.382 e. The highest BCUT2D eigenvalue weighted by Gasteiger charge is 2.45. The van der Waals surface area contributed by atoms with E-state index in [-0.39, 0.29) is 29.8 Å². The number of pyridine rings is 1. The van der Waals surface area contributed by atoms with E-state index in [0.717, 1.165) is 38.7 Å². The van der Waals surface area contributed by atoms with Gasteiger partial charge in [-0.3, -0.25) is 39.2 Å². The van der Waals surface area contributed by atoms with Crippen LogP contribution in [0.4, 0.5) is 5.69 Å². The Labute approximate surface area is 425 Å². The summed E-state index contributed by atoms with van der Waals surface area (Å²) < 4.78 is 61.0. The van der Waals surface area contributed by atoms with Gasteiger partial charge in [0.15, 0.2) is 0 Å². The van der Waals surface area contributed by atoms with Crippen molar-refractivity contribution in [3.8, 4) is 0 Å². The Balaban J connectivity index is 0.597. The van der Waals surface area contributed by atoms with Crippen LogP contribution in [0.1, 0.15) is 58.4 Å². The number of piperidine rings is 1. The van der Waals surface area contributed by atoms with Crippen LogP contribution in [0.25, 0.3) is 21.8 Å². The van der Waals surface area contributed by atoms with Gasteiger partial charge in [0.2, 0.25) is 11.8 Å². The summed E-state index contributed by atoms with van der Waals surface area (Å²) in [7, 11) is 0. The van der Waals surface area contributed by atoms with Crippen LogP contribution >= 0.6 is 0 Å². The van der Waals surface area contributed by atoms with Gasteiger partial charge in [-0.05, 0) is 49.1 Å². The summed E-state index contributed by atoms with van der Waals surface area (Å²) in [4.78, 5) is 71.0. The van der Waals surface area contributed by atoms with Gasteiger partial charge in [-0.15, -0.1) is 0 Å². The molecule has 2 aromatic heterocycles. The molecule has 4 aromatic rings. The first-order chi connectivity index (χ1) is 35.9. The van der Waals surface area contributed by atoms with Gasteiger partial charge in [0.1, 0.15) is 11.8 Å². The standard InChI is InChI=1S/C52H71N5O16/c58-40(8-6-39-7-9-41-43-38-53-13-12-44(43)55-46(41)37-39)3-2-15-63-17-19-65-21-23-67-25-27-69-29-31-71-33-35-73-36-34-72-32-30-70-28-26-68-24-22-66-20-18-64-16-14-54-45-5-1-4-42-49(45)52(62)57(51(42)61)47-10-11-48(59)56-50(47)60/h1,4-5,7,9,12-13,37-38,47,54-55H,2-3,6,8,10-11,14-36H2,(H,56,59,60). The number of ether oxygens (including phenoxy) is 11. The lowest BCUT2D eigenvalue weighted by molar-refractivity contribution is -0.136. The third-order valence-corrected chi connectivity index (χ3v) is 11.7. The number of aryl methyl sites for hydroxylation is 1. The molecule has 4 heterocycles. The normalized spacial score (nSPS) is 14.7. The van der Waals surface area contributed by atoms with Crippen LogP contribution in [0.3, 0.4) is 0 Å². The number of ketones is 1. The van der Waals surface area contributed by atoms with E-state index in [1.54, 1.807) is 24.4 Å². The number of carbonyl (C=O) groups excluding carboxylic acids is 5. The predicted octanol–water partition coefficient (Wildman–Crippen LogP) is 3.69. The number of H-pyrrole nitrogens is 1. The molecule has 400 valence electrons. The van der Waals surface area contributed by atoms with Crippen molar-refractivity contribution in [3.63, 3.8) is 0 Å². The van der Waals surface area contributed by atoms with Crippen LogP contribution in [-0.2, 0) is 72.9 Å². The van der Waals surface area contributed by atoms with Crippen molar-refractivity contribution in [1.82, 2.24) is 20.2 Å². The second-order valence-corrected chi connectivity index (χ2v) is 16.9. The number of nitrogens with one attached hydrogen (secondary N) is 3. The number of hydrogen-bond donors (Lipinski definition) is 3. The Bertz CT molecular complexity index is 2310. The smallest absolute Gasteiger partial charge is 0.264 e. The van der Waals surface area contributed by atoms with Crippen molar-refractivity contribution >= 4 is 56.9 Å². The summed E-state index contributed by atoms with van der Waals surface area (Å²) in [6.45, 7) is 10.2. The number of fused-ring (bicyclic) bond motifs is 4. The van der Waals surface area contributed by atoms with E-state index in [1.165, 1.54) is 0 Å². The molecule has 1 saturated heterocycles. The van der Waals surface area contributed by atoms with Gasteiger partial charge in [0, 0.05) is 72.3 Å². The van der Waals surface area contributed by atoms with Crippen molar-refractivity contribution in [2.24, 2.45) is 0 Å². The number of benzene rings is 2. The Morgan fingerprint density at radius 3 is 1.67 bits per heavy atom. The molecule has 21 nitrogen and oxygen atoms in total. The molecule has 0 spiro atoms. The Morgan fingerprint density at radius 2 is 1.12 bits per heavy atom. The fraction of sp³-hybridized carbons (Fsp3) is 0.577. The first-order valence-electron chi connectivity index (χ1n) is 25.2. The van der Waals surface area contributed by atoms with E-state index in [9.17, 15) is 24.0 Å². The molecule has 2 aliphatic heterocycles. The maximum atomic E-state index is 13.2. The van der Waals surface area contributed by atoms with E-state index in [2.05, 4.69) is 38.8 Å². The zero-order valence-corrected chi connectivity index (χ0v) is 41.7. The maximum absolute atomic E-state index is 13.2. The minimum Gasteiger partial charge on any atom is -0.382 e. The highest BCUT2D eigenvalue weighted by atomic mass is 16.6. The number of carbonyl (C=O) groups is 5. The third kappa shape index (κ3) is 19.8. The quantitative estimate of drug-likeness (QED) is 0.0423. The molecule has 21 heteroatoms.